The zero-order valence-corrected chi connectivity index (χ0v) is 52.7. The Morgan fingerprint density at radius 2 is 1.53 bits per heavy atom. The van der Waals surface area contributed by atoms with Crippen molar-refractivity contribution in [2.24, 2.45) is 11.3 Å². The number of carbonyl (C=O) groups excluding carboxylic acids is 4. The van der Waals surface area contributed by atoms with Crippen LogP contribution in [0.3, 0.4) is 0 Å². The Hall–Kier alpha value is -7.65. The van der Waals surface area contributed by atoms with E-state index in [1.165, 1.54) is 43.4 Å². The normalized spacial score (nSPS) is 15.3. The zero-order valence-electron chi connectivity index (χ0n) is 51.0. The first-order valence-corrected chi connectivity index (χ1v) is 32.2. The third kappa shape index (κ3) is 15.7. The van der Waals surface area contributed by atoms with Crippen molar-refractivity contribution >= 4 is 85.1 Å². The largest absolute Gasteiger partial charge is 0.476 e. The number of anilines is 4. The van der Waals surface area contributed by atoms with Gasteiger partial charge in [-0.05, 0) is 125 Å². The van der Waals surface area contributed by atoms with Gasteiger partial charge in [0.2, 0.25) is 23.6 Å². The number of likely N-dealkylation sites (N-methyl/N-ethyl adjacent to an activating group) is 1. The lowest BCUT2D eigenvalue weighted by Crippen LogP contribution is -2.57. The number of aryl methyl sites for hydroxylation is 2. The number of nitrogens with one attached hydrogen (secondary N) is 3. The summed E-state index contributed by atoms with van der Waals surface area (Å²) >= 11 is 3.11. The number of carboxylic acid groups (broad SMARTS) is 1. The van der Waals surface area contributed by atoms with E-state index in [4.69, 9.17) is 15.1 Å². The number of nitrogens with zero attached hydrogens (tertiary/aromatic N) is 10. The molecule has 9 rings (SSSR count). The lowest BCUT2D eigenvalue weighted by Gasteiger charge is -2.35. The molecule has 4 N–H and O–H groups in total. The number of pyridine rings is 1. The van der Waals surface area contributed by atoms with E-state index >= 15 is 0 Å². The third-order valence-electron chi connectivity index (χ3n) is 16.8. The number of amides is 4. The van der Waals surface area contributed by atoms with Crippen LogP contribution >= 0.6 is 22.7 Å². The van der Waals surface area contributed by atoms with Gasteiger partial charge in [0.15, 0.2) is 22.5 Å². The van der Waals surface area contributed by atoms with Crippen LogP contribution in [0.25, 0.3) is 31.8 Å². The van der Waals surface area contributed by atoms with Crippen molar-refractivity contribution in [2.45, 2.75) is 169 Å². The molecule has 3 unspecified atom stereocenters. The average Bonchev–Trinajstić information content (AvgIpc) is 1.99. The number of thiazole rings is 2. The summed E-state index contributed by atoms with van der Waals surface area (Å²) in [4.78, 5) is 88.2. The van der Waals surface area contributed by atoms with Crippen molar-refractivity contribution < 1.29 is 29.1 Å². The van der Waals surface area contributed by atoms with Gasteiger partial charge in [-0.1, -0.05) is 113 Å². The molecule has 1 saturated carbocycles. The highest BCUT2D eigenvalue weighted by molar-refractivity contribution is 7.22. The molecule has 2 fully saturated rings. The molecule has 2 aliphatic rings. The molecule has 21 heteroatoms. The molecule has 1 aliphatic carbocycles. The fourth-order valence-electron chi connectivity index (χ4n) is 11.7. The number of carbonyl (C=O) groups is 5. The average molecular weight is 1210 g/mol. The Morgan fingerprint density at radius 3 is 2.23 bits per heavy atom. The number of fused-ring (bicyclic) bond motifs is 1. The van der Waals surface area contributed by atoms with Gasteiger partial charge in [0.1, 0.15) is 17.9 Å². The zero-order chi connectivity index (χ0) is 61.1. The molecular formula is C65H83N13O6S2. The van der Waals surface area contributed by atoms with Crippen molar-refractivity contribution in [2.75, 3.05) is 36.9 Å². The van der Waals surface area contributed by atoms with E-state index in [9.17, 15) is 29.1 Å². The van der Waals surface area contributed by atoms with Crippen LogP contribution in [0.4, 0.5) is 22.6 Å². The smallest absolute Gasteiger partial charge is 0.355 e. The van der Waals surface area contributed by atoms with Gasteiger partial charge in [0, 0.05) is 62.9 Å². The van der Waals surface area contributed by atoms with E-state index in [-0.39, 0.29) is 48.3 Å². The van der Waals surface area contributed by atoms with Crippen molar-refractivity contribution in [1.82, 2.24) is 55.4 Å². The van der Waals surface area contributed by atoms with E-state index in [2.05, 4.69) is 31.1 Å². The van der Waals surface area contributed by atoms with Crippen molar-refractivity contribution in [3.8, 4) is 21.6 Å². The molecule has 1 aliphatic heterocycles. The minimum Gasteiger partial charge on any atom is -0.476 e. The second-order valence-electron chi connectivity index (χ2n) is 24.3. The maximum atomic E-state index is 14.2. The molecule has 7 aromatic rings. The minimum absolute atomic E-state index is 0.0166. The first-order chi connectivity index (χ1) is 41.3. The molecule has 3 atom stereocenters. The molecule has 0 radical (unpaired) electrons. The van der Waals surface area contributed by atoms with E-state index < -0.39 is 23.5 Å². The van der Waals surface area contributed by atoms with Crippen LogP contribution in [0.1, 0.15) is 163 Å². The van der Waals surface area contributed by atoms with Crippen molar-refractivity contribution in [3.05, 3.63) is 107 Å². The fourth-order valence-corrected chi connectivity index (χ4v) is 13.3. The van der Waals surface area contributed by atoms with Crippen LogP contribution in [0.5, 0.6) is 0 Å². The molecule has 456 valence electrons. The molecular weight excluding hydrogens is 1120 g/mol. The quantitative estimate of drug-likeness (QED) is 0.0369. The fraction of sp³-hybridized carbons (Fsp3) is 0.492. The Morgan fingerprint density at radius 1 is 0.802 bits per heavy atom. The van der Waals surface area contributed by atoms with Gasteiger partial charge < -0.3 is 35.8 Å². The molecule has 4 amide bonds. The summed E-state index contributed by atoms with van der Waals surface area (Å²) in [5.41, 5.74) is 7.93. The van der Waals surface area contributed by atoms with E-state index in [1.54, 1.807) is 51.4 Å². The number of aromatic carboxylic acids is 1. The number of aromatic nitrogens is 7. The summed E-state index contributed by atoms with van der Waals surface area (Å²) in [5.74, 6) is 0.0573. The van der Waals surface area contributed by atoms with Crippen LogP contribution in [0.15, 0.2) is 78.4 Å². The van der Waals surface area contributed by atoms with Crippen LogP contribution in [-0.2, 0) is 25.7 Å². The third-order valence-corrected chi connectivity index (χ3v) is 18.8. The predicted octanol–water partition coefficient (Wildman–Crippen LogP) is 12.5. The first-order valence-electron chi connectivity index (χ1n) is 30.5. The lowest BCUT2D eigenvalue weighted by molar-refractivity contribution is -0.144. The molecule has 2 aromatic carbocycles. The SMILES string of the molecule is Cc1cc(N(CCN(C)C(=O)CCCCCCCCC(=O)NC(C(=O)N2CCCC2C(=O)NC(C)c2ccc(-c3scnc3C)cc2)C(C)(C)C)c2ccc(-c3cnn(CC4CCCCC4)c3C)c(C(=O)O)n2)nnc1Nc1nc2ccccc2s1. The highest BCUT2D eigenvalue weighted by atomic mass is 32.1. The summed E-state index contributed by atoms with van der Waals surface area (Å²) in [6, 6.07) is 19.8. The lowest BCUT2D eigenvalue weighted by atomic mass is 9.85. The van der Waals surface area contributed by atoms with Gasteiger partial charge in [-0.2, -0.15) is 5.10 Å². The first kappa shape index (κ1) is 62.9. The number of benzene rings is 2. The summed E-state index contributed by atoms with van der Waals surface area (Å²) in [6.45, 7) is 15.4. The van der Waals surface area contributed by atoms with Crippen LogP contribution in [0, 0.1) is 32.1 Å². The number of likely N-dealkylation sites (tertiary alicyclic amines) is 1. The number of hydrogen-bond donors (Lipinski definition) is 4. The number of hydrogen-bond acceptors (Lipinski definition) is 15. The molecule has 5 aromatic heterocycles. The Bertz CT molecular complexity index is 3460. The second-order valence-corrected chi connectivity index (χ2v) is 26.2. The van der Waals surface area contributed by atoms with Crippen LogP contribution < -0.4 is 20.9 Å². The Labute approximate surface area is 512 Å². The summed E-state index contributed by atoms with van der Waals surface area (Å²) in [7, 11) is 1.77. The number of unbranched alkanes of at least 4 members (excludes halogenated alkanes) is 5. The second kappa shape index (κ2) is 28.7. The molecule has 6 heterocycles. The van der Waals surface area contributed by atoms with E-state index in [0.717, 1.165) is 81.0 Å². The number of para-hydroxylation sites is 1. The van der Waals surface area contributed by atoms with Gasteiger partial charge in [0.05, 0.1) is 38.5 Å². The van der Waals surface area contributed by atoms with Gasteiger partial charge in [0.25, 0.3) is 0 Å². The minimum atomic E-state index is -1.17. The Kier molecular flexibility index (Phi) is 21.0. The van der Waals surface area contributed by atoms with Gasteiger partial charge in [-0.3, -0.25) is 23.9 Å². The number of rotatable bonds is 26. The molecule has 1 saturated heterocycles. The molecule has 86 heavy (non-hydrogen) atoms. The van der Waals surface area contributed by atoms with Gasteiger partial charge in [-0.25, -0.2) is 19.7 Å². The highest BCUT2D eigenvalue weighted by Crippen LogP contribution is 2.35. The monoisotopic (exact) mass is 1210 g/mol. The molecule has 0 bridgehead atoms. The standard InChI is InChI=1S/C65H83N13O6S2/c1-41-37-54(73-74-60(41)72-64-69-50-23-18-19-25-52(50)86-64)77(53-33-32-48(57(70-53)63(83)84)49-38-67-78(44(49)4)39-45-21-14-13-15-22-45)36-35-75(8)56(80)27-17-12-10-9-11-16-26-55(79)71-59(65(5,6)7)62(82)76-34-20-24-51(76)61(81)68-42(2)46-28-30-47(31-29-46)58-43(3)66-40-85-58/h18-19,23,25,28-33,37-38,40,42,45,51,59H,9-17,20-22,24,26-27,34-36,39H2,1-8H3,(H,68,81)(H,71,79)(H,83,84)(H,69,72,74). The summed E-state index contributed by atoms with van der Waals surface area (Å²) in [5, 5.41) is 34.7. The van der Waals surface area contributed by atoms with E-state index in [1.807, 2.05) is 113 Å². The van der Waals surface area contributed by atoms with Gasteiger partial charge in [-0.15, -0.1) is 21.5 Å². The van der Waals surface area contributed by atoms with E-state index in [0.29, 0.717) is 79.3 Å². The van der Waals surface area contributed by atoms with Gasteiger partial charge >= 0.3 is 5.97 Å². The maximum Gasteiger partial charge on any atom is 0.355 e. The van der Waals surface area contributed by atoms with Crippen LogP contribution in [0.2, 0.25) is 0 Å². The maximum absolute atomic E-state index is 14.2. The summed E-state index contributed by atoms with van der Waals surface area (Å²) in [6.07, 6.45) is 14.5. The topological polar surface area (TPSA) is 234 Å². The van der Waals surface area contributed by atoms with Crippen molar-refractivity contribution in [1.29, 1.82) is 0 Å². The van der Waals surface area contributed by atoms with Crippen LogP contribution in [-0.4, -0.2) is 118 Å². The Balaban J connectivity index is 0.751. The molecule has 19 nitrogen and oxygen atoms in total. The predicted molar refractivity (Wildman–Crippen MR) is 340 cm³/mol. The number of carboxylic acids is 1. The summed E-state index contributed by atoms with van der Waals surface area (Å²) < 4.78 is 3.04. The van der Waals surface area contributed by atoms with Crippen molar-refractivity contribution in [3.63, 3.8) is 0 Å². The highest BCUT2D eigenvalue weighted by Gasteiger charge is 2.42. The molecule has 0 spiro atoms.